The lowest BCUT2D eigenvalue weighted by atomic mass is 10.3. The molecule has 0 aromatic rings. The van der Waals surface area contributed by atoms with E-state index in [1.165, 1.54) is 6.92 Å². The molecule has 0 saturated carbocycles. The Labute approximate surface area is 60.8 Å². The van der Waals surface area contributed by atoms with Crippen molar-refractivity contribution in [1.29, 1.82) is 0 Å². The monoisotopic (exact) mass is 143 g/mol. The SMILES string of the molecule is C=C(OCC)/C(N)=C(\C)O. The molecule has 0 aromatic heterocycles. The molecule has 0 aliphatic heterocycles. The van der Waals surface area contributed by atoms with Gasteiger partial charge in [-0.05, 0) is 13.8 Å². The average Bonchev–Trinajstić information content (AvgIpc) is 1.87. The predicted octanol–water partition coefficient (Wildman–Crippen LogP) is 1.28. The van der Waals surface area contributed by atoms with Crippen LogP contribution >= 0.6 is 0 Å². The highest BCUT2D eigenvalue weighted by molar-refractivity contribution is 5.21. The van der Waals surface area contributed by atoms with Crippen LogP contribution in [0.25, 0.3) is 0 Å². The first-order valence-corrected chi connectivity index (χ1v) is 3.07. The Morgan fingerprint density at radius 1 is 1.70 bits per heavy atom. The van der Waals surface area contributed by atoms with E-state index in [0.29, 0.717) is 12.4 Å². The highest BCUT2D eigenvalue weighted by Gasteiger charge is 2.00. The zero-order valence-corrected chi connectivity index (χ0v) is 6.35. The van der Waals surface area contributed by atoms with Crippen molar-refractivity contribution in [3.8, 4) is 0 Å². The van der Waals surface area contributed by atoms with Gasteiger partial charge in [-0.1, -0.05) is 6.58 Å². The highest BCUT2D eigenvalue weighted by Crippen LogP contribution is 2.05. The molecule has 3 nitrogen and oxygen atoms in total. The van der Waals surface area contributed by atoms with Crippen molar-refractivity contribution >= 4 is 0 Å². The molecule has 0 rings (SSSR count). The van der Waals surface area contributed by atoms with Crippen LogP contribution in [0, 0.1) is 0 Å². The number of hydrogen-bond acceptors (Lipinski definition) is 3. The molecule has 0 atom stereocenters. The summed E-state index contributed by atoms with van der Waals surface area (Å²) in [6.07, 6.45) is 0. The second-order valence-corrected chi connectivity index (χ2v) is 1.86. The minimum absolute atomic E-state index is 0.0402. The van der Waals surface area contributed by atoms with E-state index in [0.717, 1.165) is 0 Å². The van der Waals surface area contributed by atoms with Crippen molar-refractivity contribution in [2.45, 2.75) is 13.8 Å². The molecule has 10 heavy (non-hydrogen) atoms. The van der Waals surface area contributed by atoms with E-state index in [9.17, 15) is 0 Å². The van der Waals surface area contributed by atoms with Crippen LogP contribution in [-0.4, -0.2) is 11.7 Å². The molecule has 0 aliphatic rings. The number of hydrogen-bond donors (Lipinski definition) is 2. The molecule has 58 valence electrons. The Kier molecular flexibility index (Phi) is 3.39. The summed E-state index contributed by atoms with van der Waals surface area (Å²) < 4.78 is 4.93. The van der Waals surface area contributed by atoms with Crippen molar-refractivity contribution in [3.63, 3.8) is 0 Å². The van der Waals surface area contributed by atoms with Crippen LogP contribution in [0.2, 0.25) is 0 Å². The Hall–Kier alpha value is -1.12. The normalized spacial score (nSPS) is 12.2. The maximum absolute atomic E-state index is 8.83. The third-order valence-electron chi connectivity index (χ3n) is 1.01. The standard InChI is InChI=1S/C7H13NO2/c1-4-10-6(3)7(8)5(2)9/h9H,3-4,8H2,1-2H3/b7-5-. The number of aliphatic hydroxyl groups excluding tert-OH is 1. The van der Waals surface area contributed by atoms with Gasteiger partial charge in [0.1, 0.15) is 17.2 Å². The van der Waals surface area contributed by atoms with Crippen molar-refractivity contribution in [2.24, 2.45) is 5.73 Å². The van der Waals surface area contributed by atoms with Gasteiger partial charge in [0.15, 0.2) is 0 Å². The summed E-state index contributed by atoms with van der Waals surface area (Å²) in [4.78, 5) is 0. The van der Waals surface area contributed by atoms with Crippen LogP contribution < -0.4 is 5.73 Å². The van der Waals surface area contributed by atoms with Gasteiger partial charge in [0.25, 0.3) is 0 Å². The summed E-state index contributed by atoms with van der Waals surface area (Å²) >= 11 is 0. The zero-order chi connectivity index (χ0) is 8.15. The van der Waals surface area contributed by atoms with Gasteiger partial charge in [-0.2, -0.15) is 0 Å². The summed E-state index contributed by atoms with van der Waals surface area (Å²) in [5.74, 6) is 0.362. The van der Waals surface area contributed by atoms with Crippen molar-refractivity contribution in [1.82, 2.24) is 0 Å². The Bertz CT molecular complexity index is 157. The highest BCUT2D eigenvalue weighted by atomic mass is 16.5. The second-order valence-electron chi connectivity index (χ2n) is 1.86. The molecule has 0 bridgehead atoms. The van der Waals surface area contributed by atoms with Crippen LogP contribution in [0.5, 0.6) is 0 Å². The molecule has 0 heterocycles. The number of ether oxygens (including phenoxy) is 1. The maximum atomic E-state index is 8.83. The first-order valence-electron chi connectivity index (χ1n) is 3.07. The molecule has 0 spiro atoms. The number of aliphatic hydroxyl groups is 1. The van der Waals surface area contributed by atoms with E-state index in [-0.39, 0.29) is 11.5 Å². The van der Waals surface area contributed by atoms with Crippen molar-refractivity contribution in [3.05, 3.63) is 23.8 Å². The van der Waals surface area contributed by atoms with E-state index >= 15 is 0 Å². The average molecular weight is 143 g/mol. The Morgan fingerprint density at radius 2 is 2.20 bits per heavy atom. The van der Waals surface area contributed by atoms with Crippen LogP contribution in [0.3, 0.4) is 0 Å². The Morgan fingerprint density at radius 3 is 2.50 bits per heavy atom. The zero-order valence-electron chi connectivity index (χ0n) is 6.35. The van der Waals surface area contributed by atoms with Crippen LogP contribution in [-0.2, 0) is 4.74 Å². The molecule has 0 aliphatic carbocycles. The molecule has 0 aromatic carbocycles. The second kappa shape index (κ2) is 3.82. The van der Waals surface area contributed by atoms with Gasteiger partial charge < -0.3 is 15.6 Å². The van der Waals surface area contributed by atoms with Gasteiger partial charge in [0.05, 0.1) is 6.61 Å². The summed E-state index contributed by atoms with van der Waals surface area (Å²) in [5.41, 5.74) is 5.56. The van der Waals surface area contributed by atoms with E-state index in [2.05, 4.69) is 6.58 Å². The van der Waals surface area contributed by atoms with Gasteiger partial charge >= 0.3 is 0 Å². The fourth-order valence-corrected chi connectivity index (χ4v) is 0.454. The third kappa shape index (κ3) is 2.44. The number of nitrogens with two attached hydrogens (primary N) is 1. The summed E-state index contributed by atoms with van der Waals surface area (Å²) in [6, 6.07) is 0. The minimum Gasteiger partial charge on any atom is -0.510 e. The van der Waals surface area contributed by atoms with Gasteiger partial charge in [-0.3, -0.25) is 0 Å². The lowest BCUT2D eigenvalue weighted by Crippen LogP contribution is -2.06. The first-order chi connectivity index (χ1) is 4.59. The molecule has 0 fully saturated rings. The lowest BCUT2D eigenvalue weighted by molar-refractivity contribution is 0.234. The van der Waals surface area contributed by atoms with Crippen molar-refractivity contribution in [2.75, 3.05) is 6.61 Å². The van der Waals surface area contributed by atoms with Gasteiger partial charge in [0.2, 0.25) is 0 Å². The molecular formula is C7H13NO2. The summed E-state index contributed by atoms with van der Waals surface area (Å²) in [5, 5.41) is 8.83. The largest absolute Gasteiger partial charge is 0.510 e. The molecule has 0 saturated heterocycles. The first kappa shape index (κ1) is 8.88. The molecule has 0 amide bonds. The topological polar surface area (TPSA) is 55.5 Å². The minimum atomic E-state index is 0.0402. The predicted molar refractivity (Wildman–Crippen MR) is 40.3 cm³/mol. The van der Waals surface area contributed by atoms with Gasteiger partial charge in [-0.25, -0.2) is 0 Å². The maximum Gasteiger partial charge on any atom is 0.138 e. The Balaban J connectivity index is 4.09. The lowest BCUT2D eigenvalue weighted by Gasteiger charge is -2.06. The van der Waals surface area contributed by atoms with Crippen molar-refractivity contribution < 1.29 is 9.84 Å². The van der Waals surface area contributed by atoms with Gasteiger partial charge in [0, 0.05) is 0 Å². The molecule has 3 N–H and O–H groups in total. The van der Waals surface area contributed by atoms with E-state index in [1.54, 1.807) is 0 Å². The van der Waals surface area contributed by atoms with Crippen LogP contribution in [0.1, 0.15) is 13.8 Å². The van der Waals surface area contributed by atoms with E-state index < -0.39 is 0 Å². The van der Waals surface area contributed by atoms with Crippen LogP contribution in [0.15, 0.2) is 23.8 Å². The molecular weight excluding hydrogens is 130 g/mol. The van der Waals surface area contributed by atoms with Gasteiger partial charge in [-0.15, -0.1) is 0 Å². The molecule has 0 radical (unpaired) electrons. The fourth-order valence-electron chi connectivity index (χ4n) is 0.454. The number of allylic oxidation sites excluding steroid dienone is 1. The van der Waals surface area contributed by atoms with E-state index in [1.807, 2.05) is 6.92 Å². The summed E-state index contributed by atoms with van der Waals surface area (Å²) in [7, 11) is 0. The van der Waals surface area contributed by atoms with E-state index in [4.69, 9.17) is 15.6 Å². The third-order valence-corrected chi connectivity index (χ3v) is 1.01. The fraction of sp³-hybridized carbons (Fsp3) is 0.429. The van der Waals surface area contributed by atoms with Crippen LogP contribution in [0.4, 0.5) is 0 Å². The quantitative estimate of drug-likeness (QED) is 0.462. The molecule has 0 unspecified atom stereocenters. The molecule has 3 heteroatoms. The number of rotatable bonds is 3. The smallest absolute Gasteiger partial charge is 0.138 e. The summed E-state index contributed by atoms with van der Waals surface area (Å²) in [6.45, 7) is 7.32.